The zero-order valence-corrected chi connectivity index (χ0v) is 12.9. The van der Waals surface area contributed by atoms with E-state index in [-0.39, 0.29) is 29.3 Å². The molecular formula is C13H18N2O5S. The maximum atomic E-state index is 12.3. The van der Waals surface area contributed by atoms with Gasteiger partial charge in [0.15, 0.2) is 0 Å². The lowest BCUT2D eigenvalue weighted by Crippen LogP contribution is -2.29. The third-order valence-electron chi connectivity index (χ3n) is 2.84. The molecule has 0 fully saturated rings. The Morgan fingerprint density at radius 1 is 1.19 bits per heavy atom. The van der Waals surface area contributed by atoms with Crippen LogP contribution in [0, 0.1) is 0 Å². The molecular weight excluding hydrogens is 296 g/mol. The monoisotopic (exact) mass is 314 g/mol. The van der Waals surface area contributed by atoms with Gasteiger partial charge in [-0.2, -0.15) is 0 Å². The van der Waals surface area contributed by atoms with Gasteiger partial charge in [0.1, 0.15) is 0 Å². The van der Waals surface area contributed by atoms with Gasteiger partial charge >= 0.3 is 5.97 Å². The summed E-state index contributed by atoms with van der Waals surface area (Å²) < 4.78 is 25.6. The molecule has 0 saturated carbocycles. The average molecular weight is 314 g/mol. The number of rotatable bonds is 6. The zero-order chi connectivity index (χ0) is 16.2. The maximum Gasteiger partial charge on any atom is 0.304 e. The van der Waals surface area contributed by atoms with Crippen molar-refractivity contribution in [3.63, 3.8) is 0 Å². The molecule has 1 aromatic rings. The van der Waals surface area contributed by atoms with Gasteiger partial charge in [-0.1, -0.05) is 6.07 Å². The molecule has 0 aliphatic rings. The molecule has 0 aliphatic heterocycles. The van der Waals surface area contributed by atoms with Crippen LogP contribution in [0.5, 0.6) is 0 Å². The molecule has 21 heavy (non-hydrogen) atoms. The molecule has 1 rings (SSSR count). The van der Waals surface area contributed by atoms with Crippen molar-refractivity contribution in [1.29, 1.82) is 0 Å². The van der Waals surface area contributed by atoms with Crippen molar-refractivity contribution in [1.82, 2.24) is 9.21 Å². The van der Waals surface area contributed by atoms with Gasteiger partial charge in [-0.15, -0.1) is 0 Å². The van der Waals surface area contributed by atoms with E-state index < -0.39 is 16.0 Å². The Kier molecular flexibility index (Phi) is 5.45. The molecule has 0 bridgehead atoms. The Morgan fingerprint density at radius 3 is 2.33 bits per heavy atom. The second-order valence-electron chi connectivity index (χ2n) is 4.70. The van der Waals surface area contributed by atoms with Crippen LogP contribution in [-0.2, 0) is 14.8 Å². The molecule has 0 saturated heterocycles. The van der Waals surface area contributed by atoms with E-state index in [1.807, 2.05) is 0 Å². The van der Waals surface area contributed by atoms with Crippen LogP contribution in [0.2, 0.25) is 0 Å². The SMILES string of the molecule is CN(C)C(=O)c1cccc(S(=O)(=O)N(C)CCC(=O)O)c1. The fourth-order valence-electron chi connectivity index (χ4n) is 1.60. The highest BCUT2D eigenvalue weighted by atomic mass is 32.2. The van der Waals surface area contributed by atoms with Crippen molar-refractivity contribution in [2.45, 2.75) is 11.3 Å². The van der Waals surface area contributed by atoms with Crippen molar-refractivity contribution < 1.29 is 23.1 Å². The van der Waals surface area contributed by atoms with Crippen molar-refractivity contribution in [2.75, 3.05) is 27.7 Å². The molecule has 1 N–H and O–H groups in total. The molecule has 0 aliphatic carbocycles. The second-order valence-corrected chi connectivity index (χ2v) is 6.74. The van der Waals surface area contributed by atoms with Crippen LogP contribution in [0.3, 0.4) is 0 Å². The van der Waals surface area contributed by atoms with Gasteiger partial charge in [-0.25, -0.2) is 12.7 Å². The highest BCUT2D eigenvalue weighted by Gasteiger charge is 2.22. The van der Waals surface area contributed by atoms with Gasteiger partial charge in [0.25, 0.3) is 5.91 Å². The number of nitrogens with zero attached hydrogens (tertiary/aromatic N) is 2. The fraction of sp³-hybridized carbons (Fsp3) is 0.385. The Hall–Kier alpha value is -1.93. The van der Waals surface area contributed by atoms with Crippen LogP contribution >= 0.6 is 0 Å². The third kappa shape index (κ3) is 4.27. The van der Waals surface area contributed by atoms with E-state index in [1.54, 1.807) is 14.1 Å². The van der Waals surface area contributed by atoms with Gasteiger partial charge in [0.05, 0.1) is 11.3 Å². The van der Waals surface area contributed by atoms with Gasteiger partial charge in [-0.05, 0) is 18.2 Å². The summed E-state index contributed by atoms with van der Waals surface area (Å²) in [4.78, 5) is 23.7. The Labute approximate surface area is 123 Å². The molecule has 0 unspecified atom stereocenters. The van der Waals surface area contributed by atoms with Crippen molar-refractivity contribution >= 4 is 21.9 Å². The number of amides is 1. The average Bonchev–Trinajstić information content (AvgIpc) is 2.43. The third-order valence-corrected chi connectivity index (χ3v) is 4.69. The van der Waals surface area contributed by atoms with E-state index in [0.717, 1.165) is 4.31 Å². The number of hydrogen-bond donors (Lipinski definition) is 1. The first-order chi connectivity index (χ1) is 9.66. The molecule has 116 valence electrons. The number of carboxylic acid groups (broad SMARTS) is 1. The molecule has 0 radical (unpaired) electrons. The van der Waals surface area contributed by atoms with Crippen molar-refractivity contribution in [2.24, 2.45) is 0 Å². The molecule has 0 atom stereocenters. The van der Waals surface area contributed by atoms with E-state index in [9.17, 15) is 18.0 Å². The number of carbonyl (C=O) groups is 2. The number of hydrogen-bond acceptors (Lipinski definition) is 4. The van der Waals surface area contributed by atoms with Crippen LogP contribution in [0.4, 0.5) is 0 Å². The van der Waals surface area contributed by atoms with E-state index in [1.165, 1.54) is 36.2 Å². The van der Waals surface area contributed by atoms with Crippen LogP contribution in [0.25, 0.3) is 0 Å². The summed E-state index contributed by atoms with van der Waals surface area (Å²) in [6, 6.07) is 5.67. The van der Waals surface area contributed by atoms with E-state index in [2.05, 4.69) is 0 Å². The lowest BCUT2D eigenvalue weighted by Gasteiger charge is -2.17. The standard InChI is InChI=1S/C13H18N2O5S/c1-14(2)13(18)10-5-4-6-11(9-10)21(19,20)15(3)8-7-12(16)17/h4-6,9H,7-8H2,1-3H3,(H,16,17). The van der Waals surface area contributed by atoms with Gasteiger partial charge in [-0.3, -0.25) is 9.59 Å². The molecule has 7 nitrogen and oxygen atoms in total. The zero-order valence-electron chi connectivity index (χ0n) is 12.1. The molecule has 1 aromatic carbocycles. The summed E-state index contributed by atoms with van der Waals surface area (Å²) >= 11 is 0. The van der Waals surface area contributed by atoms with Crippen molar-refractivity contribution in [3.05, 3.63) is 29.8 Å². The summed E-state index contributed by atoms with van der Waals surface area (Å²) in [6.07, 6.45) is -0.286. The summed E-state index contributed by atoms with van der Waals surface area (Å²) in [7, 11) is 0.631. The van der Waals surface area contributed by atoms with E-state index >= 15 is 0 Å². The molecule has 1 amide bonds. The Morgan fingerprint density at radius 2 is 1.81 bits per heavy atom. The predicted molar refractivity (Wildman–Crippen MR) is 76.5 cm³/mol. The second kappa shape index (κ2) is 6.68. The van der Waals surface area contributed by atoms with E-state index in [4.69, 9.17) is 5.11 Å². The van der Waals surface area contributed by atoms with Gasteiger partial charge < -0.3 is 10.0 Å². The largest absolute Gasteiger partial charge is 0.481 e. The smallest absolute Gasteiger partial charge is 0.304 e. The van der Waals surface area contributed by atoms with Gasteiger partial charge in [0, 0.05) is 33.3 Å². The van der Waals surface area contributed by atoms with Crippen LogP contribution in [-0.4, -0.2) is 62.3 Å². The summed E-state index contributed by atoms with van der Waals surface area (Å²) in [5.41, 5.74) is 0.257. The highest BCUT2D eigenvalue weighted by Crippen LogP contribution is 2.17. The van der Waals surface area contributed by atoms with Crippen LogP contribution in [0.15, 0.2) is 29.2 Å². The minimum atomic E-state index is -3.82. The summed E-state index contributed by atoms with van der Waals surface area (Å²) in [5.74, 6) is -1.38. The lowest BCUT2D eigenvalue weighted by atomic mass is 10.2. The number of sulfonamides is 1. The van der Waals surface area contributed by atoms with Crippen LogP contribution < -0.4 is 0 Å². The Bertz CT molecular complexity index is 640. The first kappa shape index (κ1) is 17.1. The normalized spacial score (nSPS) is 11.4. The Balaban J connectivity index is 3.06. The fourth-order valence-corrected chi connectivity index (χ4v) is 2.82. The highest BCUT2D eigenvalue weighted by molar-refractivity contribution is 7.89. The number of aliphatic carboxylic acids is 1. The molecule has 0 heterocycles. The first-order valence-corrected chi connectivity index (χ1v) is 7.60. The summed E-state index contributed by atoms with van der Waals surface area (Å²) in [6.45, 7) is -0.135. The number of benzene rings is 1. The molecule has 0 spiro atoms. The first-order valence-electron chi connectivity index (χ1n) is 6.16. The topological polar surface area (TPSA) is 95.0 Å². The predicted octanol–water partition coefficient (Wildman–Crippen LogP) is 0.484. The number of carbonyl (C=O) groups excluding carboxylic acids is 1. The maximum absolute atomic E-state index is 12.3. The van der Waals surface area contributed by atoms with Gasteiger partial charge in [0.2, 0.25) is 10.0 Å². The molecule has 8 heteroatoms. The minimum absolute atomic E-state index is 0.0388. The summed E-state index contributed by atoms with van der Waals surface area (Å²) in [5, 5.41) is 8.60. The quantitative estimate of drug-likeness (QED) is 0.824. The molecule has 0 aromatic heterocycles. The van der Waals surface area contributed by atoms with Crippen molar-refractivity contribution in [3.8, 4) is 0 Å². The van der Waals surface area contributed by atoms with Crippen LogP contribution in [0.1, 0.15) is 16.8 Å². The lowest BCUT2D eigenvalue weighted by molar-refractivity contribution is -0.137. The van der Waals surface area contributed by atoms with E-state index in [0.29, 0.717) is 0 Å². The minimum Gasteiger partial charge on any atom is -0.481 e. The number of carboxylic acids is 1.